The van der Waals surface area contributed by atoms with E-state index in [4.69, 9.17) is 0 Å². The molecule has 0 bridgehead atoms. The zero-order valence-electron chi connectivity index (χ0n) is 12.9. The Morgan fingerprint density at radius 3 is 2.32 bits per heavy atom. The first-order chi connectivity index (χ1) is 10.3. The molecule has 6 heteroatoms. The minimum Gasteiger partial charge on any atom is -0.319 e. The summed E-state index contributed by atoms with van der Waals surface area (Å²) in [5.41, 5.74) is 1.55. The SMILES string of the molecule is CC(C)c1ccc(S(=O)(=O)NCc2ccn(C)c(=O)c2)cc1. The van der Waals surface area contributed by atoms with Crippen molar-refractivity contribution in [1.29, 1.82) is 0 Å². The molecule has 0 radical (unpaired) electrons. The average molecular weight is 320 g/mol. The van der Waals surface area contributed by atoms with E-state index in [9.17, 15) is 13.2 Å². The molecule has 0 aliphatic rings. The van der Waals surface area contributed by atoms with Crippen molar-refractivity contribution in [2.75, 3.05) is 0 Å². The average Bonchev–Trinajstić information content (AvgIpc) is 2.48. The number of aryl methyl sites for hydroxylation is 1. The van der Waals surface area contributed by atoms with Gasteiger partial charge in [-0.05, 0) is 35.2 Å². The summed E-state index contributed by atoms with van der Waals surface area (Å²) in [6.07, 6.45) is 1.61. The second-order valence-electron chi connectivity index (χ2n) is 5.53. The molecule has 0 unspecified atom stereocenters. The van der Waals surface area contributed by atoms with E-state index in [1.807, 2.05) is 12.1 Å². The highest BCUT2D eigenvalue weighted by Crippen LogP contribution is 2.17. The van der Waals surface area contributed by atoms with E-state index >= 15 is 0 Å². The minimum absolute atomic E-state index is 0.0876. The third-order valence-corrected chi connectivity index (χ3v) is 4.91. The Morgan fingerprint density at radius 2 is 1.77 bits per heavy atom. The maximum Gasteiger partial charge on any atom is 0.250 e. The van der Waals surface area contributed by atoms with Gasteiger partial charge in [-0.1, -0.05) is 26.0 Å². The molecule has 0 fully saturated rings. The predicted molar refractivity (Wildman–Crippen MR) is 86.2 cm³/mol. The van der Waals surface area contributed by atoms with Crippen LogP contribution in [-0.4, -0.2) is 13.0 Å². The molecule has 0 atom stereocenters. The maximum atomic E-state index is 12.2. The summed E-state index contributed by atoms with van der Waals surface area (Å²) < 4.78 is 28.4. The van der Waals surface area contributed by atoms with E-state index in [1.165, 1.54) is 10.6 Å². The van der Waals surface area contributed by atoms with Crippen LogP contribution in [0.15, 0.2) is 52.3 Å². The van der Waals surface area contributed by atoms with E-state index in [-0.39, 0.29) is 17.0 Å². The Kier molecular flexibility index (Phi) is 4.83. The van der Waals surface area contributed by atoms with Crippen LogP contribution in [0.25, 0.3) is 0 Å². The Morgan fingerprint density at radius 1 is 1.14 bits per heavy atom. The highest BCUT2D eigenvalue weighted by atomic mass is 32.2. The van der Waals surface area contributed by atoms with Crippen molar-refractivity contribution in [3.05, 3.63) is 64.1 Å². The van der Waals surface area contributed by atoms with E-state index in [0.717, 1.165) is 5.56 Å². The number of hydrogen-bond donors (Lipinski definition) is 1. The summed E-state index contributed by atoms with van der Waals surface area (Å²) in [5.74, 6) is 0.352. The lowest BCUT2D eigenvalue weighted by Crippen LogP contribution is -2.24. The molecule has 0 aliphatic carbocycles. The van der Waals surface area contributed by atoms with Crippen molar-refractivity contribution >= 4 is 10.0 Å². The van der Waals surface area contributed by atoms with Gasteiger partial charge in [-0.3, -0.25) is 4.79 Å². The van der Waals surface area contributed by atoms with Crippen molar-refractivity contribution in [3.63, 3.8) is 0 Å². The number of nitrogens with zero attached hydrogens (tertiary/aromatic N) is 1. The molecule has 1 N–H and O–H groups in total. The Hall–Kier alpha value is -1.92. The molecule has 5 nitrogen and oxygen atoms in total. The zero-order valence-corrected chi connectivity index (χ0v) is 13.7. The monoisotopic (exact) mass is 320 g/mol. The normalized spacial score (nSPS) is 11.8. The van der Waals surface area contributed by atoms with E-state index in [1.54, 1.807) is 31.4 Å². The minimum atomic E-state index is -3.58. The van der Waals surface area contributed by atoms with Crippen LogP contribution in [0.5, 0.6) is 0 Å². The summed E-state index contributed by atoms with van der Waals surface area (Å²) in [4.78, 5) is 11.7. The molecule has 22 heavy (non-hydrogen) atoms. The Balaban J connectivity index is 2.13. The molecule has 1 aromatic heterocycles. The molecular formula is C16H20N2O3S. The lowest BCUT2D eigenvalue weighted by Gasteiger charge is -2.09. The topological polar surface area (TPSA) is 68.2 Å². The molecule has 1 heterocycles. The van der Waals surface area contributed by atoms with Crippen molar-refractivity contribution in [2.24, 2.45) is 7.05 Å². The van der Waals surface area contributed by atoms with Gasteiger partial charge in [-0.25, -0.2) is 13.1 Å². The molecule has 2 aromatic rings. The first kappa shape index (κ1) is 16.5. The molecule has 0 saturated carbocycles. The second kappa shape index (κ2) is 6.46. The molecule has 0 aliphatic heterocycles. The summed E-state index contributed by atoms with van der Waals surface area (Å²) in [6, 6.07) is 9.97. The van der Waals surface area contributed by atoms with Crippen LogP contribution < -0.4 is 10.3 Å². The van der Waals surface area contributed by atoms with E-state index in [0.29, 0.717) is 11.5 Å². The maximum absolute atomic E-state index is 12.2. The van der Waals surface area contributed by atoms with Crippen LogP contribution in [0, 0.1) is 0 Å². The van der Waals surface area contributed by atoms with Gasteiger partial charge in [0.1, 0.15) is 0 Å². The molecule has 0 spiro atoms. The standard InChI is InChI=1S/C16H20N2O3S/c1-12(2)14-4-6-15(7-5-14)22(20,21)17-11-13-8-9-18(3)16(19)10-13/h4-10,12,17H,11H2,1-3H3. The number of nitrogens with one attached hydrogen (secondary N) is 1. The third-order valence-electron chi connectivity index (χ3n) is 3.49. The first-order valence-corrected chi connectivity index (χ1v) is 8.53. The fourth-order valence-corrected chi connectivity index (χ4v) is 3.01. The highest BCUT2D eigenvalue weighted by Gasteiger charge is 2.14. The van der Waals surface area contributed by atoms with Gasteiger partial charge >= 0.3 is 0 Å². The van der Waals surface area contributed by atoms with Gasteiger partial charge in [-0.15, -0.1) is 0 Å². The number of benzene rings is 1. The van der Waals surface area contributed by atoms with Gasteiger partial charge in [0.05, 0.1) is 4.90 Å². The molecule has 0 amide bonds. The van der Waals surface area contributed by atoms with E-state index < -0.39 is 10.0 Å². The number of rotatable bonds is 5. The summed E-state index contributed by atoms with van der Waals surface area (Å²) in [5, 5.41) is 0. The van der Waals surface area contributed by atoms with Gasteiger partial charge in [0, 0.05) is 25.9 Å². The number of sulfonamides is 1. The fraction of sp³-hybridized carbons (Fsp3) is 0.312. The van der Waals surface area contributed by atoms with Gasteiger partial charge in [0.2, 0.25) is 10.0 Å². The van der Waals surface area contributed by atoms with Crippen LogP contribution >= 0.6 is 0 Å². The van der Waals surface area contributed by atoms with Crippen molar-refractivity contribution in [3.8, 4) is 0 Å². The van der Waals surface area contributed by atoms with Crippen LogP contribution in [-0.2, 0) is 23.6 Å². The lowest BCUT2D eigenvalue weighted by atomic mass is 10.0. The number of pyridine rings is 1. The third kappa shape index (κ3) is 3.84. The van der Waals surface area contributed by atoms with Crippen molar-refractivity contribution in [2.45, 2.75) is 31.2 Å². The quantitative estimate of drug-likeness (QED) is 0.916. The second-order valence-corrected chi connectivity index (χ2v) is 7.30. The smallest absolute Gasteiger partial charge is 0.250 e. The van der Waals surface area contributed by atoms with E-state index in [2.05, 4.69) is 18.6 Å². The van der Waals surface area contributed by atoms with Gasteiger partial charge in [0.25, 0.3) is 5.56 Å². The molecule has 0 saturated heterocycles. The Bertz CT molecular complexity index is 806. The van der Waals surface area contributed by atoms with Gasteiger partial charge in [0.15, 0.2) is 0 Å². The zero-order chi connectivity index (χ0) is 16.3. The fourth-order valence-electron chi connectivity index (χ4n) is 1.99. The first-order valence-electron chi connectivity index (χ1n) is 7.05. The summed E-state index contributed by atoms with van der Waals surface area (Å²) >= 11 is 0. The van der Waals surface area contributed by atoms with Crippen molar-refractivity contribution in [1.82, 2.24) is 9.29 Å². The highest BCUT2D eigenvalue weighted by molar-refractivity contribution is 7.89. The molecular weight excluding hydrogens is 300 g/mol. The van der Waals surface area contributed by atoms with Crippen LogP contribution in [0.2, 0.25) is 0 Å². The van der Waals surface area contributed by atoms with Gasteiger partial charge in [-0.2, -0.15) is 0 Å². The number of hydrogen-bond acceptors (Lipinski definition) is 3. The van der Waals surface area contributed by atoms with Crippen LogP contribution in [0.3, 0.4) is 0 Å². The van der Waals surface area contributed by atoms with Crippen LogP contribution in [0.1, 0.15) is 30.9 Å². The molecule has 1 aromatic carbocycles. The molecule has 2 rings (SSSR count). The van der Waals surface area contributed by atoms with Crippen molar-refractivity contribution < 1.29 is 8.42 Å². The van der Waals surface area contributed by atoms with Gasteiger partial charge < -0.3 is 4.57 Å². The summed E-state index contributed by atoms with van der Waals surface area (Å²) in [7, 11) is -1.94. The predicted octanol–water partition coefficient (Wildman–Crippen LogP) is 1.99. The summed E-state index contributed by atoms with van der Waals surface area (Å²) in [6.45, 7) is 4.19. The lowest BCUT2D eigenvalue weighted by molar-refractivity contribution is 0.581. The van der Waals surface area contributed by atoms with Crippen LogP contribution in [0.4, 0.5) is 0 Å². The molecule has 118 valence electrons. The largest absolute Gasteiger partial charge is 0.319 e. The Labute approximate surface area is 130 Å². The number of aromatic nitrogens is 1.